The van der Waals surface area contributed by atoms with Crippen molar-refractivity contribution >= 4 is 0 Å². The molecule has 1 aromatic carbocycles. The van der Waals surface area contributed by atoms with Crippen molar-refractivity contribution in [1.29, 1.82) is 0 Å². The second-order valence-corrected chi connectivity index (χ2v) is 4.67. The Labute approximate surface area is 102 Å². The topological polar surface area (TPSA) is 43.8 Å². The van der Waals surface area contributed by atoms with Crippen LogP contribution in [-0.4, -0.2) is 9.78 Å². The van der Waals surface area contributed by atoms with E-state index in [9.17, 15) is 0 Å². The van der Waals surface area contributed by atoms with Crippen molar-refractivity contribution in [2.75, 3.05) is 0 Å². The first-order valence-corrected chi connectivity index (χ1v) is 5.91. The van der Waals surface area contributed by atoms with Crippen molar-refractivity contribution in [3.63, 3.8) is 0 Å². The SMILES string of the molecule is Cc1ccc(C(N)C(C)n2cc(C)cn2)cc1. The highest BCUT2D eigenvalue weighted by atomic mass is 15.3. The lowest BCUT2D eigenvalue weighted by Crippen LogP contribution is -2.22. The smallest absolute Gasteiger partial charge is 0.0683 e. The molecule has 2 unspecified atom stereocenters. The maximum atomic E-state index is 6.27. The van der Waals surface area contributed by atoms with E-state index in [1.807, 2.05) is 24.0 Å². The van der Waals surface area contributed by atoms with Crippen molar-refractivity contribution in [3.8, 4) is 0 Å². The summed E-state index contributed by atoms with van der Waals surface area (Å²) in [5.74, 6) is 0. The normalized spacial score (nSPS) is 14.6. The first-order valence-electron chi connectivity index (χ1n) is 5.91. The molecule has 2 atom stereocenters. The number of nitrogens with zero attached hydrogens (tertiary/aromatic N) is 2. The van der Waals surface area contributed by atoms with Gasteiger partial charge in [-0.15, -0.1) is 0 Å². The van der Waals surface area contributed by atoms with E-state index >= 15 is 0 Å². The van der Waals surface area contributed by atoms with Crippen LogP contribution in [0.3, 0.4) is 0 Å². The molecule has 0 saturated carbocycles. The quantitative estimate of drug-likeness (QED) is 0.879. The Kier molecular flexibility index (Phi) is 3.29. The maximum Gasteiger partial charge on any atom is 0.0683 e. The van der Waals surface area contributed by atoms with E-state index in [1.165, 1.54) is 5.56 Å². The Morgan fingerprint density at radius 2 is 1.76 bits per heavy atom. The average Bonchev–Trinajstić information content (AvgIpc) is 2.75. The van der Waals surface area contributed by atoms with Gasteiger partial charge in [0.15, 0.2) is 0 Å². The minimum absolute atomic E-state index is 0.0325. The van der Waals surface area contributed by atoms with E-state index in [-0.39, 0.29) is 12.1 Å². The van der Waals surface area contributed by atoms with Gasteiger partial charge < -0.3 is 5.73 Å². The molecular formula is C14H19N3. The van der Waals surface area contributed by atoms with Crippen molar-refractivity contribution in [3.05, 3.63) is 53.3 Å². The van der Waals surface area contributed by atoms with Crippen LogP contribution in [0.1, 0.15) is 35.7 Å². The van der Waals surface area contributed by atoms with Gasteiger partial charge in [-0.1, -0.05) is 29.8 Å². The van der Waals surface area contributed by atoms with E-state index in [0.29, 0.717) is 0 Å². The minimum atomic E-state index is -0.0325. The molecule has 0 bridgehead atoms. The van der Waals surface area contributed by atoms with Gasteiger partial charge in [-0.25, -0.2) is 0 Å². The summed E-state index contributed by atoms with van der Waals surface area (Å²) in [6, 6.07) is 8.49. The van der Waals surface area contributed by atoms with E-state index in [2.05, 4.69) is 43.2 Å². The van der Waals surface area contributed by atoms with Crippen molar-refractivity contribution in [2.45, 2.75) is 32.9 Å². The summed E-state index contributed by atoms with van der Waals surface area (Å²) in [4.78, 5) is 0. The fourth-order valence-electron chi connectivity index (χ4n) is 1.89. The van der Waals surface area contributed by atoms with Crippen LogP contribution in [0.2, 0.25) is 0 Å². The van der Waals surface area contributed by atoms with E-state index in [4.69, 9.17) is 5.73 Å². The molecule has 2 rings (SSSR count). The number of rotatable bonds is 3. The molecule has 2 N–H and O–H groups in total. The van der Waals surface area contributed by atoms with Gasteiger partial charge in [-0.2, -0.15) is 5.10 Å². The van der Waals surface area contributed by atoms with E-state index in [1.54, 1.807) is 0 Å². The molecule has 2 aromatic rings. The molecule has 0 amide bonds. The number of aryl methyl sites for hydroxylation is 2. The largest absolute Gasteiger partial charge is 0.322 e. The van der Waals surface area contributed by atoms with Gasteiger partial charge in [0.1, 0.15) is 0 Å². The van der Waals surface area contributed by atoms with Gasteiger partial charge in [0, 0.05) is 6.20 Å². The Morgan fingerprint density at radius 1 is 1.12 bits per heavy atom. The highest BCUT2D eigenvalue weighted by Crippen LogP contribution is 2.23. The predicted octanol–water partition coefficient (Wildman–Crippen LogP) is 2.76. The van der Waals surface area contributed by atoms with Crippen LogP contribution in [0.5, 0.6) is 0 Å². The monoisotopic (exact) mass is 229 g/mol. The predicted molar refractivity (Wildman–Crippen MR) is 69.8 cm³/mol. The van der Waals surface area contributed by atoms with Crippen LogP contribution < -0.4 is 5.73 Å². The summed E-state index contributed by atoms with van der Waals surface area (Å²) in [7, 11) is 0. The number of hydrogen-bond acceptors (Lipinski definition) is 2. The lowest BCUT2D eigenvalue weighted by Gasteiger charge is -2.20. The molecule has 3 nitrogen and oxygen atoms in total. The highest BCUT2D eigenvalue weighted by Gasteiger charge is 2.16. The summed E-state index contributed by atoms with van der Waals surface area (Å²) < 4.78 is 1.93. The molecule has 0 spiro atoms. The van der Waals surface area contributed by atoms with Crippen LogP contribution in [0.4, 0.5) is 0 Å². The second kappa shape index (κ2) is 4.72. The van der Waals surface area contributed by atoms with Crippen LogP contribution in [-0.2, 0) is 0 Å². The number of benzene rings is 1. The molecule has 0 aliphatic rings. The highest BCUT2D eigenvalue weighted by molar-refractivity contribution is 5.24. The van der Waals surface area contributed by atoms with Crippen molar-refractivity contribution in [1.82, 2.24) is 9.78 Å². The van der Waals surface area contributed by atoms with Gasteiger partial charge in [0.2, 0.25) is 0 Å². The van der Waals surface area contributed by atoms with Crippen LogP contribution >= 0.6 is 0 Å². The zero-order chi connectivity index (χ0) is 12.4. The van der Waals surface area contributed by atoms with Crippen LogP contribution in [0, 0.1) is 13.8 Å². The molecular weight excluding hydrogens is 210 g/mol. The van der Waals surface area contributed by atoms with Crippen molar-refractivity contribution in [2.24, 2.45) is 5.73 Å². The van der Waals surface area contributed by atoms with Gasteiger partial charge in [0.05, 0.1) is 18.3 Å². The Balaban J connectivity index is 2.19. The minimum Gasteiger partial charge on any atom is -0.322 e. The Morgan fingerprint density at radius 3 is 2.29 bits per heavy atom. The van der Waals surface area contributed by atoms with Crippen LogP contribution in [0.25, 0.3) is 0 Å². The van der Waals surface area contributed by atoms with Gasteiger partial charge >= 0.3 is 0 Å². The molecule has 1 aromatic heterocycles. The third-order valence-corrected chi connectivity index (χ3v) is 3.13. The standard InChI is InChI=1S/C14H19N3/c1-10-4-6-13(7-5-10)14(15)12(3)17-9-11(2)8-16-17/h4-9,12,14H,15H2,1-3H3. The molecule has 0 radical (unpaired) electrons. The Hall–Kier alpha value is -1.61. The molecule has 1 heterocycles. The molecule has 90 valence electrons. The van der Waals surface area contributed by atoms with Gasteiger partial charge in [0.25, 0.3) is 0 Å². The summed E-state index contributed by atoms with van der Waals surface area (Å²) in [6.07, 6.45) is 3.89. The molecule has 0 fully saturated rings. The zero-order valence-electron chi connectivity index (χ0n) is 10.6. The summed E-state index contributed by atoms with van der Waals surface area (Å²) in [5.41, 5.74) is 9.83. The maximum absolute atomic E-state index is 6.27. The van der Waals surface area contributed by atoms with Crippen molar-refractivity contribution < 1.29 is 0 Å². The Bertz CT molecular complexity index is 484. The first kappa shape index (κ1) is 11.9. The molecule has 17 heavy (non-hydrogen) atoms. The molecule has 0 aliphatic carbocycles. The number of aromatic nitrogens is 2. The summed E-state index contributed by atoms with van der Waals surface area (Å²) in [5, 5.41) is 4.32. The number of nitrogens with two attached hydrogens (primary N) is 1. The lowest BCUT2D eigenvalue weighted by atomic mass is 10.0. The van der Waals surface area contributed by atoms with Gasteiger partial charge in [-0.3, -0.25) is 4.68 Å². The van der Waals surface area contributed by atoms with Crippen LogP contribution in [0.15, 0.2) is 36.7 Å². The second-order valence-electron chi connectivity index (χ2n) is 4.67. The van der Waals surface area contributed by atoms with Gasteiger partial charge in [-0.05, 0) is 31.9 Å². The molecule has 0 aliphatic heterocycles. The molecule has 3 heteroatoms. The first-order chi connectivity index (χ1) is 8.08. The lowest BCUT2D eigenvalue weighted by molar-refractivity contribution is 0.414. The third kappa shape index (κ3) is 2.56. The number of hydrogen-bond donors (Lipinski definition) is 1. The molecule has 0 saturated heterocycles. The zero-order valence-corrected chi connectivity index (χ0v) is 10.6. The third-order valence-electron chi connectivity index (χ3n) is 3.13. The van der Waals surface area contributed by atoms with E-state index in [0.717, 1.165) is 11.1 Å². The average molecular weight is 229 g/mol. The summed E-state index contributed by atoms with van der Waals surface area (Å²) >= 11 is 0. The van der Waals surface area contributed by atoms with E-state index < -0.39 is 0 Å². The fraction of sp³-hybridized carbons (Fsp3) is 0.357. The summed E-state index contributed by atoms with van der Waals surface area (Å²) in [6.45, 7) is 6.21. The fourth-order valence-corrected chi connectivity index (χ4v) is 1.89.